The highest BCUT2D eigenvalue weighted by Crippen LogP contribution is 2.28. The standard InChI is InChI=1S/C22H34N2O2S.C16H27N3O3.C5H12.C3H8/c1-5-22(4,15-27-11-10-16(2)3)24-21(26)23-20(14-25)19-12-17-8-6-7-9-18(17)13-19;1-5-8-17-16(22)14(20)12(10-11(2)3)18-15(21)13-7-6-9-19(13)4;1-3-5-4-2;1-3-2/h6-9,14,16,19-20H,5,10-13,15H2,1-4H3,(H2,23,24,26);5,11-13H,1,6-10H2,2-4H3,(H,17,22)(H,18,21);3-5H2,1-2H3;3H2,1-2H3. The van der Waals surface area contributed by atoms with Gasteiger partial charge in [-0.15, -0.1) is 6.58 Å². The summed E-state index contributed by atoms with van der Waals surface area (Å²) in [5, 5.41) is 11.3. The molecular weight excluding hydrogens is 735 g/mol. The van der Waals surface area contributed by atoms with Crippen LogP contribution in [0.2, 0.25) is 0 Å². The Hall–Kier alpha value is -3.18. The van der Waals surface area contributed by atoms with E-state index >= 15 is 0 Å². The number of nitrogens with one attached hydrogen (secondary N) is 4. The van der Waals surface area contributed by atoms with E-state index in [1.165, 1.54) is 49.3 Å². The first-order valence-corrected chi connectivity index (χ1v) is 22.8. The lowest BCUT2D eigenvalue weighted by molar-refractivity contribution is -0.140. The molecule has 1 aromatic carbocycles. The van der Waals surface area contributed by atoms with Gasteiger partial charge in [-0.25, -0.2) is 4.79 Å². The van der Waals surface area contributed by atoms with Crippen LogP contribution >= 0.6 is 11.8 Å². The number of hydrogen-bond acceptors (Lipinski definition) is 7. The Morgan fingerprint density at radius 3 is 2.00 bits per heavy atom. The molecule has 3 rings (SSSR count). The number of likely N-dealkylation sites (N-methyl/N-ethyl adjacent to an activating group) is 1. The van der Waals surface area contributed by atoms with Crippen molar-refractivity contribution in [2.24, 2.45) is 17.8 Å². The van der Waals surface area contributed by atoms with Gasteiger partial charge in [0.15, 0.2) is 0 Å². The first-order chi connectivity index (χ1) is 27.1. The van der Waals surface area contributed by atoms with Gasteiger partial charge < -0.3 is 26.1 Å². The number of urea groups is 1. The number of thioether (sulfide) groups is 1. The number of nitrogens with zero attached hydrogens (tertiary/aromatic N) is 1. The third kappa shape index (κ3) is 22.5. The average Bonchev–Trinajstić information content (AvgIpc) is 3.81. The third-order valence-corrected chi connectivity index (χ3v) is 11.4. The Kier molecular flexibility index (Phi) is 29.1. The molecule has 4 atom stereocenters. The maximum Gasteiger partial charge on any atom is 0.315 e. The van der Waals surface area contributed by atoms with Crippen molar-refractivity contribution < 1.29 is 24.0 Å². The minimum absolute atomic E-state index is 0.138. The lowest BCUT2D eigenvalue weighted by Gasteiger charge is -2.31. The lowest BCUT2D eigenvalue weighted by atomic mass is 9.97. The van der Waals surface area contributed by atoms with Crippen molar-refractivity contribution >= 4 is 41.7 Å². The van der Waals surface area contributed by atoms with Crippen LogP contribution in [0.15, 0.2) is 36.9 Å². The number of hydrogen-bond donors (Lipinski definition) is 4. The van der Waals surface area contributed by atoms with E-state index in [9.17, 15) is 24.0 Å². The SMILES string of the molecule is C=CCNC(=O)C(=O)C(CC(C)C)NC(=O)C1CCCN1C.CCC.CCC(C)(CSCCC(C)C)NC(=O)NC(C=O)C1Cc2ccccc2C1.CCCCC. The highest BCUT2D eigenvalue weighted by molar-refractivity contribution is 7.99. The first kappa shape index (κ1) is 53.8. The number of fused-ring (bicyclic) bond motifs is 1. The summed E-state index contributed by atoms with van der Waals surface area (Å²) in [6.45, 7) is 25.8. The number of likely N-dealkylation sites (tertiary alicyclic amines) is 1. The Morgan fingerprint density at radius 2 is 1.56 bits per heavy atom. The number of benzene rings is 1. The monoisotopic (exact) mass is 816 g/mol. The number of rotatable bonds is 20. The molecule has 1 aliphatic heterocycles. The van der Waals surface area contributed by atoms with Crippen LogP contribution in [0.25, 0.3) is 0 Å². The van der Waals surface area contributed by atoms with Gasteiger partial charge >= 0.3 is 6.03 Å². The minimum Gasteiger partial charge on any atom is -0.346 e. The normalized spacial score (nSPS) is 16.8. The number of unbranched alkanes of at least 4 members (excludes halogenated alkanes) is 2. The fraction of sp³-hybridized carbons (Fsp3) is 0.717. The van der Waals surface area contributed by atoms with Crippen LogP contribution in [0.4, 0.5) is 4.79 Å². The van der Waals surface area contributed by atoms with Crippen LogP contribution < -0.4 is 21.3 Å². The van der Waals surface area contributed by atoms with Gasteiger partial charge in [-0.3, -0.25) is 19.3 Å². The predicted octanol–water partition coefficient (Wildman–Crippen LogP) is 8.31. The van der Waals surface area contributed by atoms with E-state index in [1.54, 1.807) is 0 Å². The highest BCUT2D eigenvalue weighted by Gasteiger charge is 2.34. The van der Waals surface area contributed by atoms with E-state index in [4.69, 9.17) is 0 Å². The van der Waals surface area contributed by atoms with Gasteiger partial charge in [-0.05, 0) is 100 Å². The summed E-state index contributed by atoms with van der Waals surface area (Å²) in [4.78, 5) is 62.6. The van der Waals surface area contributed by atoms with Crippen LogP contribution in [0, 0.1) is 17.8 Å². The van der Waals surface area contributed by atoms with Crippen LogP contribution in [0.5, 0.6) is 0 Å². The van der Waals surface area contributed by atoms with Gasteiger partial charge in [-0.2, -0.15) is 11.8 Å². The van der Waals surface area contributed by atoms with Crippen molar-refractivity contribution in [3.63, 3.8) is 0 Å². The molecule has 0 saturated carbocycles. The van der Waals surface area contributed by atoms with Gasteiger partial charge in [0.05, 0.1) is 18.1 Å². The molecule has 4 amide bonds. The van der Waals surface area contributed by atoms with Gasteiger partial charge in [0.1, 0.15) is 6.29 Å². The van der Waals surface area contributed by atoms with Crippen LogP contribution in [0.3, 0.4) is 0 Å². The predicted molar refractivity (Wildman–Crippen MR) is 241 cm³/mol. The zero-order valence-corrected chi connectivity index (χ0v) is 38.5. The largest absolute Gasteiger partial charge is 0.346 e. The molecule has 1 heterocycles. The average molecular weight is 816 g/mol. The maximum atomic E-state index is 12.6. The van der Waals surface area contributed by atoms with Gasteiger partial charge in [-0.1, -0.05) is 118 Å². The molecule has 1 aromatic rings. The van der Waals surface area contributed by atoms with Crippen LogP contribution in [0.1, 0.15) is 138 Å². The Morgan fingerprint density at radius 1 is 0.965 bits per heavy atom. The molecule has 11 heteroatoms. The number of Topliss-reactive ketones (excluding diaryl/α,β-unsaturated/α-hetero) is 1. The van der Waals surface area contributed by atoms with E-state index in [2.05, 4.69) is 95.4 Å². The summed E-state index contributed by atoms with van der Waals surface area (Å²) in [6, 6.07) is 6.61. The van der Waals surface area contributed by atoms with Crippen molar-refractivity contribution in [3.05, 3.63) is 48.0 Å². The third-order valence-electron chi connectivity index (χ3n) is 9.99. The van der Waals surface area contributed by atoms with Gasteiger partial charge in [0.2, 0.25) is 11.7 Å². The Bertz CT molecular complexity index is 1300. The molecule has 0 radical (unpaired) electrons. The maximum absolute atomic E-state index is 12.6. The zero-order valence-electron chi connectivity index (χ0n) is 37.6. The van der Waals surface area contributed by atoms with E-state index in [0.717, 1.165) is 56.4 Å². The van der Waals surface area contributed by atoms with Crippen LogP contribution in [-0.2, 0) is 32.0 Å². The zero-order chi connectivity index (χ0) is 43.4. The van der Waals surface area contributed by atoms with E-state index in [0.29, 0.717) is 12.3 Å². The van der Waals surface area contributed by atoms with E-state index < -0.39 is 23.8 Å². The van der Waals surface area contributed by atoms with Crippen molar-refractivity contribution in [1.29, 1.82) is 0 Å². The number of carbonyl (C=O) groups excluding carboxylic acids is 5. The van der Waals surface area contributed by atoms with E-state index in [1.807, 2.05) is 49.7 Å². The summed E-state index contributed by atoms with van der Waals surface area (Å²) < 4.78 is 0. The summed E-state index contributed by atoms with van der Waals surface area (Å²) in [5.41, 5.74) is 2.31. The molecule has 1 aliphatic carbocycles. The summed E-state index contributed by atoms with van der Waals surface area (Å²) in [6.07, 6.45) is 13.7. The number of carbonyl (C=O) groups is 5. The second-order valence-electron chi connectivity index (χ2n) is 16.6. The number of aldehydes is 1. The summed E-state index contributed by atoms with van der Waals surface area (Å²) in [5.74, 6) is 1.58. The van der Waals surface area contributed by atoms with Crippen molar-refractivity contribution in [1.82, 2.24) is 26.2 Å². The molecular formula is C46H81N5O5S. The Balaban J connectivity index is 0.000000938. The molecule has 1 fully saturated rings. The van der Waals surface area contributed by atoms with Gasteiger partial charge in [0.25, 0.3) is 5.91 Å². The van der Waals surface area contributed by atoms with Crippen molar-refractivity contribution in [2.45, 2.75) is 164 Å². The number of ketones is 1. The first-order valence-electron chi connectivity index (χ1n) is 21.7. The van der Waals surface area contributed by atoms with E-state index in [-0.39, 0.29) is 41.9 Å². The summed E-state index contributed by atoms with van der Waals surface area (Å²) in [7, 11) is 1.90. The summed E-state index contributed by atoms with van der Waals surface area (Å²) >= 11 is 1.88. The fourth-order valence-electron chi connectivity index (χ4n) is 6.39. The molecule has 1 saturated heterocycles. The molecule has 57 heavy (non-hydrogen) atoms. The molecule has 4 N–H and O–H groups in total. The smallest absolute Gasteiger partial charge is 0.315 e. The topological polar surface area (TPSA) is 137 Å². The van der Waals surface area contributed by atoms with Crippen LogP contribution in [-0.4, -0.2) is 90.1 Å². The minimum atomic E-state index is -0.772. The van der Waals surface area contributed by atoms with Crippen molar-refractivity contribution in [3.8, 4) is 0 Å². The molecule has 326 valence electrons. The molecule has 0 spiro atoms. The molecule has 0 aromatic heterocycles. The molecule has 10 nitrogen and oxygen atoms in total. The quantitative estimate of drug-likeness (QED) is 0.0450. The number of amides is 4. The van der Waals surface area contributed by atoms with Crippen molar-refractivity contribution in [2.75, 3.05) is 31.6 Å². The lowest BCUT2D eigenvalue weighted by Crippen LogP contribution is -2.55. The second-order valence-corrected chi connectivity index (χ2v) is 17.7. The fourth-order valence-corrected chi connectivity index (χ4v) is 7.90. The molecule has 2 aliphatic rings. The Labute approximate surface area is 351 Å². The van der Waals surface area contributed by atoms with Gasteiger partial charge in [0, 0.05) is 17.8 Å². The molecule has 0 bridgehead atoms. The molecule has 4 unspecified atom stereocenters. The highest BCUT2D eigenvalue weighted by atomic mass is 32.2. The second kappa shape index (κ2) is 30.8.